The van der Waals surface area contributed by atoms with Gasteiger partial charge in [0.1, 0.15) is 13.2 Å². The summed E-state index contributed by atoms with van der Waals surface area (Å²) in [5.41, 5.74) is 0. The molecule has 0 amide bonds. The van der Waals surface area contributed by atoms with Crippen molar-refractivity contribution in [3.63, 3.8) is 0 Å². The van der Waals surface area contributed by atoms with Gasteiger partial charge in [0.2, 0.25) is 0 Å². The monoisotopic (exact) mass is 767 g/mol. The van der Waals surface area contributed by atoms with Gasteiger partial charge < -0.3 is 14.2 Å². The molecule has 0 saturated heterocycles. The molecule has 0 saturated carbocycles. The van der Waals surface area contributed by atoms with Crippen molar-refractivity contribution in [1.29, 1.82) is 0 Å². The van der Waals surface area contributed by atoms with Crippen LogP contribution in [0.15, 0.2) is 72.9 Å². The number of carbonyl (C=O) groups excluding carboxylic acids is 3. The zero-order valence-corrected chi connectivity index (χ0v) is 35.7. The Bertz CT molecular complexity index is 1070. The highest BCUT2D eigenvalue weighted by molar-refractivity contribution is 5.71. The summed E-state index contributed by atoms with van der Waals surface area (Å²) in [6.07, 6.45) is 53.2. The van der Waals surface area contributed by atoms with Crippen LogP contribution >= 0.6 is 0 Å². The van der Waals surface area contributed by atoms with Gasteiger partial charge in [0.25, 0.3) is 0 Å². The maximum absolute atomic E-state index is 12.7. The quantitative estimate of drug-likeness (QED) is 0.0268. The Morgan fingerprint density at radius 1 is 0.382 bits per heavy atom. The van der Waals surface area contributed by atoms with Crippen LogP contribution in [0.5, 0.6) is 0 Å². The summed E-state index contributed by atoms with van der Waals surface area (Å²) in [7, 11) is 0. The lowest BCUT2D eigenvalue weighted by molar-refractivity contribution is -0.166. The third kappa shape index (κ3) is 41.8. The average Bonchev–Trinajstić information content (AvgIpc) is 3.18. The molecule has 0 heterocycles. The van der Waals surface area contributed by atoms with Crippen LogP contribution in [0, 0.1) is 0 Å². The van der Waals surface area contributed by atoms with Gasteiger partial charge in [-0.3, -0.25) is 14.4 Å². The first kappa shape index (κ1) is 51.9. The number of allylic oxidation sites excluding steroid dienone is 12. The summed E-state index contributed by atoms with van der Waals surface area (Å²) in [6, 6.07) is 0. The van der Waals surface area contributed by atoms with Gasteiger partial charge in [0, 0.05) is 19.3 Å². The zero-order chi connectivity index (χ0) is 40.1. The predicted molar refractivity (Wildman–Crippen MR) is 233 cm³/mol. The molecule has 6 nitrogen and oxygen atoms in total. The number of ether oxygens (including phenoxy) is 3. The molecule has 0 spiro atoms. The van der Waals surface area contributed by atoms with E-state index in [4.69, 9.17) is 14.2 Å². The minimum absolute atomic E-state index is 0.101. The fraction of sp³-hybridized carbons (Fsp3) is 0.694. The molecule has 0 rings (SSSR count). The summed E-state index contributed by atoms with van der Waals surface area (Å²) < 4.78 is 16.6. The van der Waals surface area contributed by atoms with Crippen LogP contribution in [0.1, 0.15) is 201 Å². The topological polar surface area (TPSA) is 78.9 Å². The van der Waals surface area contributed by atoms with E-state index >= 15 is 0 Å². The highest BCUT2D eigenvalue weighted by atomic mass is 16.6. The second-order valence-corrected chi connectivity index (χ2v) is 14.6. The molecule has 0 aliphatic carbocycles. The molecule has 0 aromatic heterocycles. The standard InChI is InChI=1S/C49H82O6/c1-4-7-10-13-16-19-21-23-24-25-26-28-30-33-36-39-42-48(51)54-45-46(44-53-47(50)41-38-35-32-29-18-15-12-9-6-3)55-49(52)43-40-37-34-31-27-22-20-17-14-11-8-5-2/h7,10,16-17,19-20,23-24,26,28,33,36,46H,4-6,8-9,11-15,18,21-22,25,27,29-32,34-35,37-45H2,1-3H3/b10-7-,19-16-,20-17-,24-23-,28-26-,36-33-. The lowest BCUT2D eigenvalue weighted by Gasteiger charge is -2.18. The van der Waals surface area contributed by atoms with Gasteiger partial charge in [-0.1, -0.05) is 177 Å². The van der Waals surface area contributed by atoms with Gasteiger partial charge in [-0.05, 0) is 77.0 Å². The van der Waals surface area contributed by atoms with Gasteiger partial charge >= 0.3 is 17.9 Å². The maximum Gasteiger partial charge on any atom is 0.306 e. The number of esters is 3. The Labute approximate surface area is 338 Å². The van der Waals surface area contributed by atoms with E-state index in [1.54, 1.807) is 0 Å². The lowest BCUT2D eigenvalue weighted by atomic mass is 10.1. The van der Waals surface area contributed by atoms with Crippen LogP contribution < -0.4 is 0 Å². The van der Waals surface area contributed by atoms with Gasteiger partial charge in [-0.15, -0.1) is 0 Å². The van der Waals surface area contributed by atoms with Gasteiger partial charge in [0.05, 0.1) is 0 Å². The van der Waals surface area contributed by atoms with Crippen molar-refractivity contribution in [2.45, 2.75) is 207 Å². The van der Waals surface area contributed by atoms with Crippen molar-refractivity contribution < 1.29 is 28.6 Å². The number of hydrogen-bond donors (Lipinski definition) is 0. The summed E-state index contributed by atoms with van der Waals surface area (Å²) >= 11 is 0. The minimum Gasteiger partial charge on any atom is -0.462 e. The molecule has 0 aliphatic rings. The molecule has 0 bridgehead atoms. The van der Waals surface area contributed by atoms with E-state index < -0.39 is 6.10 Å². The first-order chi connectivity index (χ1) is 27.0. The largest absolute Gasteiger partial charge is 0.462 e. The summed E-state index contributed by atoms with van der Waals surface area (Å²) in [5.74, 6) is -1.01. The van der Waals surface area contributed by atoms with Crippen LogP contribution in [0.3, 0.4) is 0 Å². The fourth-order valence-electron chi connectivity index (χ4n) is 5.84. The molecule has 0 fully saturated rings. The Balaban J connectivity index is 4.49. The van der Waals surface area contributed by atoms with Crippen molar-refractivity contribution in [1.82, 2.24) is 0 Å². The molecule has 6 heteroatoms. The third-order valence-corrected chi connectivity index (χ3v) is 9.21. The summed E-state index contributed by atoms with van der Waals surface area (Å²) in [4.78, 5) is 37.6. The first-order valence-corrected chi connectivity index (χ1v) is 22.4. The van der Waals surface area contributed by atoms with Crippen LogP contribution in [0.2, 0.25) is 0 Å². The number of carbonyl (C=O) groups is 3. The average molecular weight is 767 g/mol. The summed E-state index contributed by atoms with van der Waals surface area (Å²) in [6.45, 7) is 6.38. The number of unbranched alkanes of at least 4 members (excludes halogenated alkanes) is 16. The molecule has 0 aromatic rings. The Morgan fingerprint density at radius 3 is 1.25 bits per heavy atom. The Kier molecular flexibility index (Phi) is 41.1. The predicted octanol–water partition coefficient (Wildman–Crippen LogP) is 14.3. The van der Waals surface area contributed by atoms with E-state index in [2.05, 4.69) is 81.5 Å². The maximum atomic E-state index is 12.7. The second-order valence-electron chi connectivity index (χ2n) is 14.6. The molecule has 314 valence electrons. The van der Waals surface area contributed by atoms with E-state index in [9.17, 15) is 14.4 Å². The number of rotatable bonds is 39. The molecule has 0 radical (unpaired) electrons. The van der Waals surface area contributed by atoms with Crippen molar-refractivity contribution >= 4 is 17.9 Å². The minimum atomic E-state index is -0.804. The van der Waals surface area contributed by atoms with E-state index in [1.807, 2.05) is 12.2 Å². The SMILES string of the molecule is CC/C=C\C/C=C\C/C=C\C/C=C\C/C=C\CCC(=O)OCC(COC(=O)CCCCCCCCCCC)OC(=O)CCCCCCC/C=C\CCCCC. The van der Waals surface area contributed by atoms with Crippen LogP contribution in [0.4, 0.5) is 0 Å². The Morgan fingerprint density at radius 2 is 0.745 bits per heavy atom. The van der Waals surface area contributed by atoms with Crippen LogP contribution in [-0.4, -0.2) is 37.2 Å². The van der Waals surface area contributed by atoms with Crippen molar-refractivity contribution in [3.8, 4) is 0 Å². The van der Waals surface area contributed by atoms with E-state index in [0.717, 1.165) is 83.5 Å². The Hall–Kier alpha value is -3.15. The molecule has 0 aliphatic heterocycles. The number of hydrogen-bond acceptors (Lipinski definition) is 6. The van der Waals surface area contributed by atoms with Crippen LogP contribution in [-0.2, 0) is 28.6 Å². The smallest absolute Gasteiger partial charge is 0.306 e. The van der Waals surface area contributed by atoms with Crippen molar-refractivity contribution in [3.05, 3.63) is 72.9 Å². The highest BCUT2D eigenvalue weighted by Gasteiger charge is 2.19. The zero-order valence-electron chi connectivity index (χ0n) is 35.7. The molecule has 0 aromatic carbocycles. The van der Waals surface area contributed by atoms with Crippen molar-refractivity contribution in [2.24, 2.45) is 0 Å². The van der Waals surface area contributed by atoms with E-state index in [1.165, 1.54) is 70.6 Å². The van der Waals surface area contributed by atoms with Gasteiger partial charge in [0.15, 0.2) is 6.10 Å². The van der Waals surface area contributed by atoms with E-state index in [0.29, 0.717) is 19.3 Å². The first-order valence-electron chi connectivity index (χ1n) is 22.4. The molecule has 1 atom stereocenters. The fourth-order valence-corrected chi connectivity index (χ4v) is 5.84. The van der Waals surface area contributed by atoms with E-state index in [-0.39, 0.29) is 37.5 Å². The van der Waals surface area contributed by atoms with Gasteiger partial charge in [-0.2, -0.15) is 0 Å². The van der Waals surface area contributed by atoms with Crippen LogP contribution in [0.25, 0.3) is 0 Å². The third-order valence-electron chi connectivity index (χ3n) is 9.21. The summed E-state index contributed by atoms with van der Waals surface area (Å²) in [5, 5.41) is 0. The van der Waals surface area contributed by atoms with Crippen molar-refractivity contribution in [2.75, 3.05) is 13.2 Å². The molecular formula is C49H82O6. The molecule has 0 N–H and O–H groups in total. The van der Waals surface area contributed by atoms with Gasteiger partial charge in [-0.25, -0.2) is 0 Å². The molecule has 1 unspecified atom stereocenters. The molecular weight excluding hydrogens is 685 g/mol. The highest BCUT2D eigenvalue weighted by Crippen LogP contribution is 2.13. The normalized spacial score (nSPS) is 12.7. The second kappa shape index (κ2) is 43.6. The lowest BCUT2D eigenvalue weighted by Crippen LogP contribution is -2.30. The molecule has 55 heavy (non-hydrogen) atoms.